The van der Waals surface area contributed by atoms with Gasteiger partial charge in [-0.25, -0.2) is 13.6 Å². The quantitative estimate of drug-likeness (QED) is 0.393. The highest BCUT2D eigenvalue weighted by Gasteiger charge is 2.44. The summed E-state index contributed by atoms with van der Waals surface area (Å²) in [5.41, 5.74) is 2.72. The number of ether oxygens (including phenoxy) is 1. The number of rotatable bonds is 7. The number of hydrogen-bond acceptors (Lipinski definition) is 4. The highest BCUT2D eigenvalue weighted by atomic mass is 19.1. The van der Waals surface area contributed by atoms with Gasteiger partial charge in [0.1, 0.15) is 17.7 Å². The van der Waals surface area contributed by atoms with Gasteiger partial charge in [0.15, 0.2) is 0 Å². The number of carboxylic acid groups (broad SMARTS) is 1. The predicted molar refractivity (Wildman–Crippen MR) is 145 cm³/mol. The molecule has 3 aromatic rings. The van der Waals surface area contributed by atoms with Crippen LogP contribution in [0.5, 0.6) is 0 Å². The van der Waals surface area contributed by atoms with Gasteiger partial charge in [-0.1, -0.05) is 24.3 Å². The van der Waals surface area contributed by atoms with Gasteiger partial charge in [0, 0.05) is 36.4 Å². The van der Waals surface area contributed by atoms with E-state index in [4.69, 9.17) is 9.84 Å². The van der Waals surface area contributed by atoms with Crippen molar-refractivity contribution in [3.63, 3.8) is 0 Å². The molecule has 0 radical (unpaired) electrons. The van der Waals surface area contributed by atoms with Gasteiger partial charge >= 0.3 is 6.09 Å². The molecule has 2 N–H and O–H groups in total. The van der Waals surface area contributed by atoms with Crippen LogP contribution in [0.1, 0.15) is 47.2 Å². The molecule has 0 aromatic heterocycles. The lowest BCUT2D eigenvalue weighted by Gasteiger charge is -2.39. The van der Waals surface area contributed by atoms with Crippen molar-refractivity contribution in [3.8, 4) is 28.3 Å². The number of benzene rings is 3. The van der Waals surface area contributed by atoms with Crippen molar-refractivity contribution in [3.05, 3.63) is 82.9 Å². The third-order valence-corrected chi connectivity index (χ3v) is 7.88. The largest absolute Gasteiger partial charge is 0.465 e. The van der Waals surface area contributed by atoms with Gasteiger partial charge in [-0.2, -0.15) is 5.26 Å². The van der Waals surface area contributed by atoms with Crippen molar-refractivity contribution < 1.29 is 28.2 Å². The fourth-order valence-corrected chi connectivity index (χ4v) is 6.03. The molecule has 0 saturated carbocycles. The van der Waals surface area contributed by atoms with Crippen LogP contribution in [0.4, 0.5) is 13.6 Å². The molecule has 40 heavy (non-hydrogen) atoms. The molecule has 2 heterocycles. The molecule has 2 saturated heterocycles. The molecular weight excluding hydrogens is 516 g/mol. The Morgan fingerprint density at radius 2 is 1.73 bits per heavy atom. The van der Waals surface area contributed by atoms with Crippen LogP contribution in [0.25, 0.3) is 22.3 Å². The summed E-state index contributed by atoms with van der Waals surface area (Å²) in [5.74, 6) is -1.35. The Bertz CT molecular complexity index is 1490. The Hall–Kier alpha value is -4.29. The van der Waals surface area contributed by atoms with E-state index in [0.29, 0.717) is 53.7 Å². The van der Waals surface area contributed by atoms with Crippen molar-refractivity contribution in [1.82, 2.24) is 10.2 Å². The van der Waals surface area contributed by atoms with Crippen LogP contribution < -0.4 is 5.32 Å². The third kappa shape index (κ3) is 5.40. The summed E-state index contributed by atoms with van der Waals surface area (Å²) >= 11 is 0. The highest BCUT2D eigenvalue weighted by molar-refractivity contribution is 5.98. The van der Waals surface area contributed by atoms with Crippen molar-refractivity contribution in [2.24, 2.45) is 0 Å². The second kappa shape index (κ2) is 11.4. The fraction of sp³-hybridized carbons (Fsp3) is 0.323. The fourth-order valence-electron chi connectivity index (χ4n) is 6.03. The van der Waals surface area contributed by atoms with E-state index in [1.807, 2.05) is 17.0 Å². The summed E-state index contributed by atoms with van der Waals surface area (Å²) in [6.45, 7) is 0.455. The van der Waals surface area contributed by atoms with E-state index in [0.717, 1.165) is 18.4 Å². The first-order valence-electron chi connectivity index (χ1n) is 13.2. The number of carbonyl (C=O) groups is 2. The van der Waals surface area contributed by atoms with E-state index in [2.05, 4.69) is 5.32 Å². The van der Waals surface area contributed by atoms with Crippen LogP contribution in [-0.2, 0) is 11.2 Å². The van der Waals surface area contributed by atoms with Crippen LogP contribution in [0.2, 0.25) is 0 Å². The van der Waals surface area contributed by atoms with Gasteiger partial charge in [0.25, 0.3) is 5.91 Å². The molecular formula is C31H29F2N3O4. The average Bonchev–Trinajstić information content (AvgIpc) is 3.20. The second-order valence-corrected chi connectivity index (χ2v) is 10.3. The Morgan fingerprint density at radius 1 is 1.00 bits per heavy atom. The Labute approximate surface area is 231 Å². The minimum Gasteiger partial charge on any atom is -0.465 e. The number of methoxy groups -OCH3 is 1. The summed E-state index contributed by atoms with van der Waals surface area (Å²) in [7, 11) is 1.58. The molecule has 3 aromatic carbocycles. The van der Waals surface area contributed by atoms with Crippen LogP contribution in [0.15, 0.2) is 54.6 Å². The first kappa shape index (κ1) is 27.3. The summed E-state index contributed by atoms with van der Waals surface area (Å²) in [6, 6.07) is 15.5. The van der Waals surface area contributed by atoms with E-state index in [-0.39, 0.29) is 29.6 Å². The van der Waals surface area contributed by atoms with E-state index in [9.17, 15) is 19.2 Å². The second-order valence-electron chi connectivity index (χ2n) is 10.3. The molecule has 0 aliphatic carbocycles. The van der Waals surface area contributed by atoms with E-state index < -0.39 is 17.7 Å². The Kier molecular flexibility index (Phi) is 7.81. The summed E-state index contributed by atoms with van der Waals surface area (Å²) in [6.07, 6.45) is 2.15. The number of hydrogen-bond donors (Lipinski definition) is 2. The van der Waals surface area contributed by atoms with Gasteiger partial charge in [-0.15, -0.1) is 0 Å². The van der Waals surface area contributed by atoms with Crippen LogP contribution in [0, 0.1) is 23.0 Å². The van der Waals surface area contributed by atoms with Crippen molar-refractivity contribution >= 4 is 12.0 Å². The lowest BCUT2D eigenvalue weighted by molar-refractivity contribution is 0.0557. The smallest absolute Gasteiger partial charge is 0.404 e. The van der Waals surface area contributed by atoms with Crippen LogP contribution in [0.3, 0.4) is 0 Å². The van der Waals surface area contributed by atoms with Gasteiger partial charge in [0.2, 0.25) is 0 Å². The molecule has 7 nitrogen and oxygen atoms in total. The monoisotopic (exact) mass is 545 g/mol. The maximum Gasteiger partial charge on any atom is 0.404 e. The number of halogens is 2. The number of nitrogens with one attached hydrogen (secondary N) is 1. The van der Waals surface area contributed by atoms with E-state index >= 15 is 4.39 Å². The third-order valence-electron chi connectivity index (χ3n) is 7.88. The van der Waals surface area contributed by atoms with Crippen molar-refractivity contribution in [2.45, 2.75) is 50.2 Å². The minimum atomic E-state index is -1.07. The van der Waals surface area contributed by atoms with E-state index in [1.54, 1.807) is 37.4 Å². The summed E-state index contributed by atoms with van der Waals surface area (Å²) in [5, 5.41) is 20.9. The van der Waals surface area contributed by atoms with Gasteiger partial charge in [0.05, 0.1) is 12.2 Å². The zero-order valence-electron chi connectivity index (χ0n) is 22.0. The highest BCUT2D eigenvalue weighted by Crippen LogP contribution is 2.39. The standard InChI is InChI=1S/C31H29F2N3O4/c1-40-11-10-18-2-8-26(29(33)12-18)25-9-5-20(13-27(25)19-3-4-21(17-34)28(32)14-19)30(37)36-23-6-7-24(36)16-22(15-23)35-31(38)39/h2-5,8-9,12-14,22-24,35H,6-7,10-11,15-16H2,1H3,(H,38,39)/t22?,23-,24+. The van der Waals surface area contributed by atoms with Crippen LogP contribution >= 0.6 is 0 Å². The lowest BCUT2D eigenvalue weighted by Crippen LogP contribution is -2.52. The number of carbonyl (C=O) groups excluding carboxylic acids is 1. The molecule has 2 fully saturated rings. The average molecular weight is 546 g/mol. The maximum absolute atomic E-state index is 15.4. The molecule has 206 valence electrons. The summed E-state index contributed by atoms with van der Waals surface area (Å²) < 4.78 is 35.1. The molecule has 1 unspecified atom stereocenters. The SMILES string of the molecule is COCCc1ccc(-c2ccc(C(=O)N3[C@@H]4CC[C@H]3CC(NC(=O)O)C4)cc2-c2ccc(C#N)c(F)c2)c(F)c1. The summed E-state index contributed by atoms with van der Waals surface area (Å²) in [4.78, 5) is 26.8. The molecule has 2 bridgehead atoms. The van der Waals surface area contributed by atoms with Gasteiger partial charge in [-0.3, -0.25) is 4.79 Å². The maximum atomic E-state index is 15.4. The zero-order chi connectivity index (χ0) is 28.4. The topological polar surface area (TPSA) is 103 Å². The van der Waals surface area contributed by atoms with E-state index in [1.165, 1.54) is 18.2 Å². The Morgan fingerprint density at radius 3 is 2.35 bits per heavy atom. The molecule has 5 rings (SSSR count). The molecule has 9 heteroatoms. The Balaban J connectivity index is 1.53. The normalized spacial score (nSPS) is 19.8. The lowest BCUT2D eigenvalue weighted by atomic mass is 9.90. The number of nitriles is 1. The van der Waals surface area contributed by atoms with Crippen molar-refractivity contribution in [2.75, 3.05) is 13.7 Å². The first-order chi connectivity index (χ1) is 19.3. The number of amides is 2. The number of fused-ring (bicyclic) bond motifs is 2. The number of nitrogens with zero attached hydrogens (tertiary/aromatic N) is 2. The molecule has 2 amide bonds. The molecule has 3 atom stereocenters. The molecule has 2 aliphatic rings. The zero-order valence-corrected chi connectivity index (χ0v) is 22.0. The molecule has 2 aliphatic heterocycles. The van der Waals surface area contributed by atoms with Gasteiger partial charge in [-0.05, 0) is 84.7 Å². The predicted octanol–water partition coefficient (Wildman–Crippen LogP) is 5.76. The first-order valence-corrected chi connectivity index (χ1v) is 13.2. The van der Waals surface area contributed by atoms with Crippen molar-refractivity contribution in [1.29, 1.82) is 5.26 Å². The number of piperidine rings is 1. The molecule has 0 spiro atoms. The van der Waals surface area contributed by atoms with Crippen LogP contribution in [-0.4, -0.2) is 53.8 Å². The van der Waals surface area contributed by atoms with Gasteiger partial charge < -0.3 is 20.1 Å². The minimum absolute atomic E-state index is 0.0873.